The highest BCUT2D eigenvalue weighted by molar-refractivity contribution is 6.29. The second-order valence-electron chi connectivity index (χ2n) is 4.72. The molecule has 16 heavy (non-hydrogen) atoms. The van der Waals surface area contributed by atoms with Gasteiger partial charge < -0.3 is 4.90 Å². The van der Waals surface area contributed by atoms with E-state index in [4.69, 9.17) is 11.6 Å². The van der Waals surface area contributed by atoms with Gasteiger partial charge in [-0.25, -0.2) is 4.98 Å². The Morgan fingerprint density at radius 3 is 2.56 bits per heavy atom. The van der Waals surface area contributed by atoms with Crippen molar-refractivity contribution in [3.05, 3.63) is 17.5 Å². The molecule has 0 atom stereocenters. The number of aromatic nitrogens is 2. The van der Waals surface area contributed by atoms with Gasteiger partial charge in [-0.1, -0.05) is 18.5 Å². The molecule has 0 bridgehead atoms. The maximum atomic E-state index is 5.85. The number of hydrogen-bond donors (Lipinski definition) is 0. The summed E-state index contributed by atoms with van der Waals surface area (Å²) in [4.78, 5) is 10.6. The second-order valence-corrected chi connectivity index (χ2v) is 5.11. The van der Waals surface area contributed by atoms with Gasteiger partial charge in [-0.3, -0.25) is 4.98 Å². The lowest BCUT2D eigenvalue weighted by Gasteiger charge is -2.34. The molecule has 0 unspecified atom stereocenters. The Kier molecular flexibility index (Phi) is 3.64. The highest BCUT2D eigenvalue weighted by atomic mass is 35.5. The van der Waals surface area contributed by atoms with E-state index < -0.39 is 0 Å². The van der Waals surface area contributed by atoms with Crippen LogP contribution in [0, 0.1) is 5.92 Å². The minimum atomic E-state index is 0.466. The second kappa shape index (κ2) is 5.00. The molecule has 0 aromatic carbocycles. The zero-order chi connectivity index (χ0) is 11.5. The van der Waals surface area contributed by atoms with Crippen molar-refractivity contribution >= 4 is 17.4 Å². The Morgan fingerprint density at radius 2 is 1.94 bits per heavy atom. The van der Waals surface area contributed by atoms with E-state index >= 15 is 0 Å². The van der Waals surface area contributed by atoms with Crippen LogP contribution >= 0.6 is 11.6 Å². The third-order valence-corrected chi connectivity index (χ3v) is 3.67. The SMILES string of the molecule is CC1CCC(N(C)c2cncc(Cl)n2)CC1. The van der Waals surface area contributed by atoms with Gasteiger partial charge in [0.1, 0.15) is 11.0 Å². The van der Waals surface area contributed by atoms with Gasteiger partial charge in [0.25, 0.3) is 0 Å². The number of nitrogens with zero attached hydrogens (tertiary/aromatic N) is 3. The van der Waals surface area contributed by atoms with Crippen LogP contribution < -0.4 is 4.90 Å². The predicted molar refractivity (Wildman–Crippen MR) is 66.9 cm³/mol. The summed E-state index contributed by atoms with van der Waals surface area (Å²) in [6.07, 6.45) is 8.45. The summed E-state index contributed by atoms with van der Waals surface area (Å²) in [6, 6.07) is 0.587. The van der Waals surface area contributed by atoms with Crippen LogP contribution in [0.3, 0.4) is 0 Å². The fraction of sp³-hybridized carbons (Fsp3) is 0.667. The standard InChI is InChI=1S/C12H18ClN3/c1-9-3-5-10(6-4-9)16(2)12-8-14-7-11(13)15-12/h7-10H,3-6H2,1-2H3. The molecule has 1 heterocycles. The maximum absolute atomic E-state index is 5.85. The number of hydrogen-bond acceptors (Lipinski definition) is 3. The molecular formula is C12H18ClN3. The van der Waals surface area contributed by atoms with Gasteiger partial charge in [-0.15, -0.1) is 0 Å². The van der Waals surface area contributed by atoms with Crippen molar-refractivity contribution in [2.45, 2.75) is 38.6 Å². The van der Waals surface area contributed by atoms with E-state index in [2.05, 4.69) is 28.8 Å². The first kappa shape index (κ1) is 11.6. The van der Waals surface area contributed by atoms with Crippen molar-refractivity contribution in [3.63, 3.8) is 0 Å². The topological polar surface area (TPSA) is 29.0 Å². The van der Waals surface area contributed by atoms with Crippen molar-refractivity contribution < 1.29 is 0 Å². The molecule has 1 aliphatic rings. The van der Waals surface area contributed by atoms with Gasteiger partial charge in [-0.2, -0.15) is 0 Å². The molecular weight excluding hydrogens is 222 g/mol. The Bertz CT molecular complexity index is 348. The van der Waals surface area contributed by atoms with Crippen molar-refractivity contribution in [2.24, 2.45) is 5.92 Å². The van der Waals surface area contributed by atoms with Crippen LogP contribution in [0.1, 0.15) is 32.6 Å². The van der Waals surface area contributed by atoms with Gasteiger partial charge in [0.15, 0.2) is 0 Å². The van der Waals surface area contributed by atoms with E-state index in [9.17, 15) is 0 Å². The minimum absolute atomic E-state index is 0.466. The van der Waals surface area contributed by atoms with E-state index in [1.807, 2.05) is 0 Å². The van der Waals surface area contributed by atoms with Crippen LogP contribution in [-0.4, -0.2) is 23.1 Å². The van der Waals surface area contributed by atoms with Gasteiger partial charge in [0, 0.05) is 13.1 Å². The molecule has 88 valence electrons. The quantitative estimate of drug-likeness (QED) is 0.794. The molecule has 3 nitrogen and oxygen atoms in total. The lowest BCUT2D eigenvalue weighted by atomic mass is 9.87. The van der Waals surface area contributed by atoms with E-state index in [0.717, 1.165) is 11.7 Å². The average molecular weight is 240 g/mol. The Morgan fingerprint density at radius 1 is 1.25 bits per heavy atom. The van der Waals surface area contributed by atoms with Crippen LogP contribution in [0.2, 0.25) is 5.15 Å². The highest BCUT2D eigenvalue weighted by Crippen LogP contribution is 2.28. The molecule has 2 rings (SSSR count). The normalized spacial score (nSPS) is 25.4. The molecule has 1 aromatic heterocycles. The van der Waals surface area contributed by atoms with Crippen LogP contribution in [0.15, 0.2) is 12.4 Å². The fourth-order valence-electron chi connectivity index (χ4n) is 2.32. The van der Waals surface area contributed by atoms with Crippen LogP contribution in [0.4, 0.5) is 5.82 Å². The molecule has 1 fully saturated rings. The van der Waals surface area contributed by atoms with Crippen LogP contribution in [0.25, 0.3) is 0 Å². The number of rotatable bonds is 2. The summed E-state index contributed by atoms with van der Waals surface area (Å²) in [7, 11) is 2.08. The van der Waals surface area contributed by atoms with Crippen molar-refractivity contribution in [1.82, 2.24) is 9.97 Å². The van der Waals surface area contributed by atoms with E-state index in [1.165, 1.54) is 25.7 Å². The first-order valence-electron chi connectivity index (χ1n) is 5.87. The summed E-state index contributed by atoms with van der Waals surface area (Å²) in [6.45, 7) is 2.33. The molecule has 0 amide bonds. The average Bonchev–Trinajstić information content (AvgIpc) is 2.29. The largest absolute Gasteiger partial charge is 0.355 e. The van der Waals surface area contributed by atoms with Crippen LogP contribution in [0.5, 0.6) is 0 Å². The smallest absolute Gasteiger partial charge is 0.149 e. The molecule has 0 radical (unpaired) electrons. The monoisotopic (exact) mass is 239 g/mol. The molecule has 1 saturated carbocycles. The summed E-state index contributed by atoms with van der Waals surface area (Å²) < 4.78 is 0. The van der Waals surface area contributed by atoms with Crippen molar-refractivity contribution in [3.8, 4) is 0 Å². The maximum Gasteiger partial charge on any atom is 0.149 e. The van der Waals surface area contributed by atoms with E-state index in [-0.39, 0.29) is 0 Å². The summed E-state index contributed by atoms with van der Waals surface area (Å²) in [5, 5.41) is 0.466. The molecule has 1 aliphatic carbocycles. The van der Waals surface area contributed by atoms with Crippen molar-refractivity contribution in [2.75, 3.05) is 11.9 Å². The lowest BCUT2D eigenvalue weighted by Crippen LogP contribution is -2.35. The van der Waals surface area contributed by atoms with E-state index in [0.29, 0.717) is 11.2 Å². The number of halogens is 1. The van der Waals surface area contributed by atoms with Gasteiger partial charge in [0.05, 0.1) is 12.4 Å². The van der Waals surface area contributed by atoms with Gasteiger partial charge in [-0.05, 0) is 31.6 Å². The first-order valence-corrected chi connectivity index (χ1v) is 6.25. The van der Waals surface area contributed by atoms with E-state index in [1.54, 1.807) is 12.4 Å². The molecule has 0 N–H and O–H groups in total. The zero-order valence-corrected chi connectivity index (χ0v) is 10.6. The predicted octanol–water partition coefficient (Wildman–Crippen LogP) is 3.14. The Labute approximate surface area is 102 Å². The molecule has 0 aliphatic heterocycles. The fourth-order valence-corrected chi connectivity index (χ4v) is 2.46. The highest BCUT2D eigenvalue weighted by Gasteiger charge is 2.22. The van der Waals surface area contributed by atoms with Crippen LogP contribution in [-0.2, 0) is 0 Å². The van der Waals surface area contributed by atoms with Crippen molar-refractivity contribution in [1.29, 1.82) is 0 Å². The lowest BCUT2D eigenvalue weighted by molar-refractivity contribution is 0.340. The number of anilines is 1. The summed E-state index contributed by atoms with van der Waals surface area (Å²) in [5.41, 5.74) is 0. The molecule has 0 saturated heterocycles. The Hall–Kier alpha value is -0.830. The molecule has 4 heteroatoms. The first-order chi connectivity index (χ1) is 7.66. The van der Waals surface area contributed by atoms with Gasteiger partial charge in [0.2, 0.25) is 0 Å². The molecule has 0 spiro atoms. The minimum Gasteiger partial charge on any atom is -0.355 e. The zero-order valence-electron chi connectivity index (χ0n) is 9.86. The molecule has 1 aromatic rings. The third-order valence-electron chi connectivity index (χ3n) is 3.49. The Balaban J connectivity index is 2.04. The summed E-state index contributed by atoms with van der Waals surface area (Å²) >= 11 is 5.85. The summed E-state index contributed by atoms with van der Waals surface area (Å²) in [5.74, 6) is 1.75. The van der Waals surface area contributed by atoms with Gasteiger partial charge >= 0.3 is 0 Å². The third kappa shape index (κ3) is 2.64.